The number of benzene rings is 1. The van der Waals surface area contributed by atoms with Crippen LogP contribution in [0, 0.1) is 12.7 Å². The van der Waals surface area contributed by atoms with Crippen LogP contribution in [-0.4, -0.2) is 55.1 Å². The molecular formula is C17H26FN3. The fourth-order valence-corrected chi connectivity index (χ4v) is 3.71. The molecule has 116 valence electrons. The Bertz CT molecular complexity index is 483. The summed E-state index contributed by atoms with van der Waals surface area (Å²) < 4.78 is 13.4. The van der Waals surface area contributed by atoms with E-state index in [1.54, 1.807) is 12.1 Å². The summed E-state index contributed by atoms with van der Waals surface area (Å²) in [5, 5.41) is 3.71. The smallest absolute Gasteiger partial charge is 0.123 e. The third-order valence-electron chi connectivity index (χ3n) is 4.89. The van der Waals surface area contributed by atoms with Gasteiger partial charge in [0, 0.05) is 44.8 Å². The van der Waals surface area contributed by atoms with E-state index in [4.69, 9.17) is 0 Å². The van der Waals surface area contributed by atoms with Gasteiger partial charge in [0.25, 0.3) is 0 Å². The zero-order valence-corrected chi connectivity index (χ0v) is 13.1. The third-order valence-corrected chi connectivity index (χ3v) is 4.89. The minimum Gasteiger partial charge on any atom is -0.309 e. The molecule has 0 amide bonds. The predicted octanol–water partition coefficient (Wildman–Crippen LogP) is 2.17. The van der Waals surface area contributed by atoms with Crippen LogP contribution in [0.3, 0.4) is 0 Å². The maximum atomic E-state index is 13.4. The summed E-state index contributed by atoms with van der Waals surface area (Å²) in [7, 11) is 0. The average Bonchev–Trinajstić information content (AvgIpc) is 2.50. The molecule has 0 radical (unpaired) electrons. The second-order valence-corrected chi connectivity index (χ2v) is 6.34. The van der Waals surface area contributed by atoms with Gasteiger partial charge in [-0.15, -0.1) is 0 Å². The van der Waals surface area contributed by atoms with Crippen LogP contribution in [0.1, 0.15) is 30.5 Å². The summed E-state index contributed by atoms with van der Waals surface area (Å²) in [6.45, 7) is 11.1. The Morgan fingerprint density at radius 3 is 2.62 bits per heavy atom. The third kappa shape index (κ3) is 3.12. The van der Waals surface area contributed by atoms with E-state index in [0.717, 1.165) is 38.2 Å². The number of nitrogens with one attached hydrogen (secondary N) is 1. The number of piperazine rings is 3. The second kappa shape index (κ2) is 6.42. The van der Waals surface area contributed by atoms with Gasteiger partial charge < -0.3 is 5.32 Å². The number of fused-ring (bicyclic) bond motifs is 3. The Balaban J connectivity index is 1.86. The molecule has 3 aliphatic rings. The fourth-order valence-electron chi connectivity index (χ4n) is 3.71. The molecule has 0 aliphatic carbocycles. The van der Waals surface area contributed by atoms with E-state index in [1.165, 1.54) is 18.7 Å². The number of hydrogen-bond acceptors (Lipinski definition) is 3. The lowest BCUT2D eigenvalue weighted by atomic mass is 9.91. The summed E-state index contributed by atoms with van der Waals surface area (Å²) in [6.07, 6.45) is 1.12. The van der Waals surface area contributed by atoms with Crippen molar-refractivity contribution in [2.75, 3.05) is 39.3 Å². The van der Waals surface area contributed by atoms with Crippen LogP contribution in [0.5, 0.6) is 0 Å². The maximum absolute atomic E-state index is 13.4. The first-order chi connectivity index (χ1) is 10.2. The quantitative estimate of drug-likeness (QED) is 0.897. The molecule has 3 nitrogen and oxygen atoms in total. The van der Waals surface area contributed by atoms with Crippen molar-refractivity contribution >= 4 is 0 Å². The van der Waals surface area contributed by atoms with Crippen LogP contribution in [0.25, 0.3) is 0 Å². The lowest BCUT2D eigenvalue weighted by molar-refractivity contribution is -0.00374. The summed E-state index contributed by atoms with van der Waals surface area (Å²) in [5.74, 6) is -0.139. The van der Waals surface area contributed by atoms with Crippen LogP contribution in [0.2, 0.25) is 0 Å². The first-order valence-corrected chi connectivity index (χ1v) is 8.15. The van der Waals surface area contributed by atoms with Crippen molar-refractivity contribution in [2.24, 2.45) is 0 Å². The van der Waals surface area contributed by atoms with E-state index in [9.17, 15) is 4.39 Å². The van der Waals surface area contributed by atoms with Crippen LogP contribution < -0.4 is 5.32 Å². The SMILES string of the molecule is CCCNC(c1ccc(F)cc1C)C1CN2CCN1CC2. The molecule has 21 heavy (non-hydrogen) atoms. The fraction of sp³-hybridized carbons (Fsp3) is 0.647. The summed E-state index contributed by atoms with van der Waals surface area (Å²) in [5.41, 5.74) is 2.31. The molecule has 2 bridgehead atoms. The van der Waals surface area contributed by atoms with Crippen molar-refractivity contribution in [1.82, 2.24) is 15.1 Å². The lowest BCUT2D eigenvalue weighted by Gasteiger charge is -2.50. The monoisotopic (exact) mass is 291 g/mol. The zero-order chi connectivity index (χ0) is 14.8. The molecule has 4 heteroatoms. The molecule has 4 rings (SSSR count). The highest BCUT2D eigenvalue weighted by Crippen LogP contribution is 2.29. The number of rotatable bonds is 5. The van der Waals surface area contributed by atoms with Gasteiger partial charge in [-0.2, -0.15) is 0 Å². The molecule has 2 unspecified atom stereocenters. The van der Waals surface area contributed by atoms with Gasteiger partial charge >= 0.3 is 0 Å². The summed E-state index contributed by atoms with van der Waals surface area (Å²) in [6, 6.07) is 6.03. The molecular weight excluding hydrogens is 265 g/mol. The maximum Gasteiger partial charge on any atom is 0.123 e. The Kier molecular flexibility index (Phi) is 4.57. The van der Waals surface area contributed by atoms with Gasteiger partial charge in [-0.1, -0.05) is 13.0 Å². The minimum atomic E-state index is -0.139. The van der Waals surface area contributed by atoms with Gasteiger partial charge in [0.05, 0.1) is 0 Å². The molecule has 3 heterocycles. The number of halogens is 1. The molecule has 0 aromatic heterocycles. The van der Waals surface area contributed by atoms with Crippen LogP contribution in [0.15, 0.2) is 18.2 Å². The van der Waals surface area contributed by atoms with Crippen molar-refractivity contribution in [3.63, 3.8) is 0 Å². The van der Waals surface area contributed by atoms with Crippen molar-refractivity contribution in [3.8, 4) is 0 Å². The predicted molar refractivity (Wildman–Crippen MR) is 84.0 cm³/mol. The van der Waals surface area contributed by atoms with Crippen LogP contribution >= 0.6 is 0 Å². The lowest BCUT2D eigenvalue weighted by Crippen LogP contribution is -2.64. The molecule has 2 atom stereocenters. The first kappa shape index (κ1) is 14.9. The molecule has 1 aromatic rings. The molecule has 1 N–H and O–H groups in total. The van der Waals surface area contributed by atoms with E-state index < -0.39 is 0 Å². The number of nitrogens with zero attached hydrogens (tertiary/aromatic N) is 2. The van der Waals surface area contributed by atoms with Crippen molar-refractivity contribution in [3.05, 3.63) is 35.1 Å². The Morgan fingerprint density at radius 1 is 1.29 bits per heavy atom. The highest BCUT2D eigenvalue weighted by Gasteiger charge is 2.37. The molecule has 0 saturated carbocycles. The normalized spacial score (nSPS) is 29.6. The van der Waals surface area contributed by atoms with Crippen molar-refractivity contribution in [2.45, 2.75) is 32.4 Å². The highest BCUT2D eigenvalue weighted by molar-refractivity contribution is 5.31. The van der Waals surface area contributed by atoms with Gasteiger partial charge in [-0.05, 0) is 43.1 Å². The highest BCUT2D eigenvalue weighted by atomic mass is 19.1. The largest absolute Gasteiger partial charge is 0.309 e. The van der Waals surface area contributed by atoms with E-state index >= 15 is 0 Å². The molecule has 3 saturated heterocycles. The van der Waals surface area contributed by atoms with Gasteiger partial charge in [0.15, 0.2) is 0 Å². The van der Waals surface area contributed by atoms with Crippen LogP contribution in [-0.2, 0) is 0 Å². The second-order valence-electron chi connectivity index (χ2n) is 6.34. The first-order valence-electron chi connectivity index (χ1n) is 8.15. The topological polar surface area (TPSA) is 18.5 Å². The molecule has 0 spiro atoms. The summed E-state index contributed by atoms with van der Waals surface area (Å²) >= 11 is 0. The van der Waals surface area contributed by atoms with Gasteiger partial charge in [0.1, 0.15) is 5.82 Å². The Hall–Kier alpha value is -0.970. The van der Waals surface area contributed by atoms with Crippen molar-refractivity contribution in [1.29, 1.82) is 0 Å². The average molecular weight is 291 g/mol. The van der Waals surface area contributed by atoms with Gasteiger partial charge in [-0.3, -0.25) is 9.80 Å². The van der Waals surface area contributed by atoms with E-state index in [0.29, 0.717) is 12.1 Å². The van der Waals surface area contributed by atoms with Crippen LogP contribution in [0.4, 0.5) is 4.39 Å². The minimum absolute atomic E-state index is 0.139. The zero-order valence-electron chi connectivity index (χ0n) is 13.1. The molecule has 3 fully saturated rings. The van der Waals surface area contributed by atoms with Crippen molar-refractivity contribution < 1.29 is 4.39 Å². The Labute approximate surface area is 127 Å². The summed E-state index contributed by atoms with van der Waals surface area (Å²) in [4.78, 5) is 5.17. The Morgan fingerprint density at radius 2 is 2.05 bits per heavy atom. The number of hydrogen-bond donors (Lipinski definition) is 1. The molecule has 3 aliphatic heterocycles. The standard InChI is InChI=1S/C17H26FN3/c1-3-6-19-17(15-5-4-14(18)11-13(15)2)16-12-20-7-9-21(16)10-8-20/h4-5,11,16-17,19H,3,6-10,12H2,1-2H3. The van der Waals surface area contributed by atoms with E-state index in [2.05, 4.69) is 22.0 Å². The molecule has 1 aromatic carbocycles. The van der Waals surface area contributed by atoms with E-state index in [1.807, 2.05) is 13.0 Å². The number of aryl methyl sites for hydroxylation is 1. The van der Waals surface area contributed by atoms with Gasteiger partial charge in [-0.25, -0.2) is 4.39 Å². The van der Waals surface area contributed by atoms with E-state index in [-0.39, 0.29) is 5.82 Å². The van der Waals surface area contributed by atoms with Gasteiger partial charge in [0.2, 0.25) is 0 Å².